The first kappa shape index (κ1) is 21.3. The maximum atomic E-state index is 13.5. The normalized spacial score (nSPS) is 12.1. The molecule has 1 unspecified atom stereocenters. The topological polar surface area (TPSA) is 64.0 Å². The van der Waals surface area contributed by atoms with Crippen LogP contribution in [0.25, 0.3) is 26.3 Å². The van der Waals surface area contributed by atoms with Crippen molar-refractivity contribution in [1.29, 1.82) is 0 Å². The van der Waals surface area contributed by atoms with Gasteiger partial charge in [-0.15, -0.1) is 11.3 Å². The number of amides is 1. The van der Waals surface area contributed by atoms with Crippen LogP contribution in [0.2, 0.25) is 0 Å². The lowest BCUT2D eigenvalue weighted by Crippen LogP contribution is -2.33. The number of rotatable bonds is 7. The Balaban J connectivity index is 1.77. The van der Waals surface area contributed by atoms with Crippen LogP contribution < -0.4 is 10.9 Å². The summed E-state index contributed by atoms with van der Waals surface area (Å²) < 4.78 is 1.60. The molecule has 2 aromatic carbocycles. The Kier molecular flexibility index (Phi) is 6.53. The van der Waals surface area contributed by atoms with Crippen LogP contribution in [0.15, 0.2) is 76.7 Å². The van der Waals surface area contributed by atoms with Gasteiger partial charge in [0.15, 0.2) is 5.16 Å². The lowest BCUT2D eigenvalue weighted by Gasteiger charge is -2.13. The number of benzene rings is 2. The van der Waals surface area contributed by atoms with E-state index in [9.17, 15) is 9.59 Å². The Morgan fingerprint density at radius 2 is 1.81 bits per heavy atom. The van der Waals surface area contributed by atoms with Gasteiger partial charge in [-0.1, -0.05) is 67.2 Å². The molecule has 2 aromatic heterocycles. The van der Waals surface area contributed by atoms with Crippen LogP contribution in [-0.2, 0) is 4.79 Å². The minimum atomic E-state index is -0.125. The molecular formula is C24H23N3O2S2. The van der Waals surface area contributed by atoms with Gasteiger partial charge in [0.05, 0.1) is 16.8 Å². The fraction of sp³-hybridized carbons (Fsp3) is 0.208. The Morgan fingerprint density at radius 3 is 2.48 bits per heavy atom. The van der Waals surface area contributed by atoms with Gasteiger partial charge in [0.1, 0.15) is 4.83 Å². The van der Waals surface area contributed by atoms with Gasteiger partial charge in [0.25, 0.3) is 5.56 Å². The molecule has 0 saturated carbocycles. The van der Waals surface area contributed by atoms with Crippen LogP contribution >= 0.6 is 23.1 Å². The highest BCUT2D eigenvalue weighted by Gasteiger charge is 2.18. The highest BCUT2D eigenvalue weighted by molar-refractivity contribution is 7.99. The van der Waals surface area contributed by atoms with Gasteiger partial charge < -0.3 is 5.32 Å². The molecule has 0 aliphatic rings. The van der Waals surface area contributed by atoms with Crippen molar-refractivity contribution in [2.24, 2.45) is 0 Å². The van der Waals surface area contributed by atoms with Crippen molar-refractivity contribution >= 4 is 39.2 Å². The summed E-state index contributed by atoms with van der Waals surface area (Å²) in [5.41, 5.74) is 1.66. The van der Waals surface area contributed by atoms with Gasteiger partial charge in [0.2, 0.25) is 5.91 Å². The van der Waals surface area contributed by atoms with Crippen molar-refractivity contribution in [3.8, 4) is 16.1 Å². The number of aromatic nitrogens is 2. The van der Waals surface area contributed by atoms with E-state index in [0.29, 0.717) is 15.4 Å². The van der Waals surface area contributed by atoms with Crippen molar-refractivity contribution < 1.29 is 4.79 Å². The maximum absolute atomic E-state index is 13.5. The van der Waals surface area contributed by atoms with Gasteiger partial charge in [0, 0.05) is 10.9 Å². The third-order valence-electron chi connectivity index (χ3n) is 4.96. The zero-order chi connectivity index (χ0) is 21.8. The van der Waals surface area contributed by atoms with Crippen LogP contribution in [0.5, 0.6) is 0 Å². The van der Waals surface area contributed by atoms with E-state index >= 15 is 0 Å². The van der Waals surface area contributed by atoms with E-state index < -0.39 is 0 Å². The minimum Gasteiger partial charge on any atom is -0.353 e. The highest BCUT2D eigenvalue weighted by Crippen LogP contribution is 2.32. The van der Waals surface area contributed by atoms with Gasteiger partial charge >= 0.3 is 0 Å². The first-order valence-electron chi connectivity index (χ1n) is 10.2. The van der Waals surface area contributed by atoms with Gasteiger partial charge in [-0.3, -0.25) is 14.2 Å². The molecule has 0 spiro atoms. The summed E-state index contributed by atoms with van der Waals surface area (Å²) in [4.78, 5) is 32.3. The lowest BCUT2D eigenvalue weighted by molar-refractivity contribution is -0.119. The molecule has 0 fully saturated rings. The van der Waals surface area contributed by atoms with Crippen molar-refractivity contribution in [3.63, 3.8) is 0 Å². The maximum Gasteiger partial charge on any atom is 0.267 e. The number of thiophene rings is 1. The molecule has 1 atom stereocenters. The Labute approximate surface area is 189 Å². The number of thioether (sulfide) groups is 1. The van der Waals surface area contributed by atoms with E-state index in [-0.39, 0.29) is 23.3 Å². The molecule has 31 heavy (non-hydrogen) atoms. The van der Waals surface area contributed by atoms with Crippen LogP contribution in [0.3, 0.4) is 0 Å². The van der Waals surface area contributed by atoms with Crippen LogP contribution in [-0.4, -0.2) is 27.3 Å². The molecular weight excluding hydrogens is 426 g/mol. The first-order valence-corrected chi connectivity index (χ1v) is 12.0. The SMILES string of the molecule is CCC(C)NC(=O)CSc1nc2sc(-c3ccccc3)cc2c(=O)n1-c1ccccc1. The fourth-order valence-electron chi connectivity index (χ4n) is 3.16. The Hall–Kier alpha value is -2.90. The van der Waals surface area contributed by atoms with E-state index in [2.05, 4.69) is 5.32 Å². The summed E-state index contributed by atoms with van der Waals surface area (Å²) >= 11 is 2.78. The molecule has 1 N–H and O–H groups in total. The summed E-state index contributed by atoms with van der Waals surface area (Å²) in [5, 5.41) is 4.07. The highest BCUT2D eigenvalue weighted by atomic mass is 32.2. The number of hydrogen-bond donors (Lipinski definition) is 1. The number of nitrogens with zero attached hydrogens (tertiary/aromatic N) is 2. The zero-order valence-corrected chi connectivity index (χ0v) is 19.0. The standard InChI is InChI=1S/C24H23N3O2S2/c1-3-16(2)25-21(28)15-30-24-26-22-19(14-20(31-22)17-10-6-4-7-11-17)23(29)27(24)18-12-8-5-9-13-18/h4-14,16H,3,15H2,1-2H3,(H,25,28). The molecule has 1 amide bonds. The molecule has 158 valence electrons. The summed E-state index contributed by atoms with van der Waals surface area (Å²) in [6, 6.07) is 21.4. The molecule has 0 saturated heterocycles. The Bertz CT molecular complexity index is 1250. The predicted octanol–water partition coefficient (Wildman–Crippen LogP) is 5.12. The zero-order valence-electron chi connectivity index (χ0n) is 17.4. The fourth-order valence-corrected chi connectivity index (χ4v) is 5.06. The molecule has 4 aromatic rings. The number of carbonyl (C=O) groups is 1. The summed E-state index contributed by atoms with van der Waals surface area (Å²) in [5.74, 6) is 0.135. The Morgan fingerprint density at radius 1 is 1.13 bits per heavy atom. The second kappa shape index (κ2) is 9.49. The van der Waals surface area contributed by atoms with E-state index in [1.54, 1.807) is 4.57 Å². The summed E-state index contributed by atoms with van der Waals surface area (Å²) in [6.45, 7) is 4.01. The second-order valence-electron chi connectivity index (χ2n) is 7.23. The third kappa shape index (κ3) is 4.73. The van der Waals surface area contributed by atoms with Gasteiger partial charge in [-0.2, -0.15) is 0 Å². The number of fused-ring (bicyclic) bond motifs is 1. The molecule has 0 radical (unpaired) electrons. The van der Waals surface area contributed by atoms with Crippen LogP contribution in [0.4, 0.5) is 0 Å². The van der Waals surface area contributed by atoms with Gasteiger partial charge in [-0.05, 0) is 37.1 Å². The molecule has 5 nitrogen and oxygen atoms in total. The molecule has 0 aliphatic carbocycles. The smallest absolute Gasteiger partial charge is 0.267 e. The largest absolute Gasteiger partial charge is 0.353 e. The number of para-hydroxylation sites is 1. The average molecular weight is 450 g/mol. The summed E-state index contributed by atoms with van der Waals surface area (Å²) in [7, 11) is 0. The average Bonchev–Trinajstić information content (AvgIpc) is 3.23. The number of hydrogen-bond acceptors (Lipinski definition) is 5. The minimum absolute atomic E-state index is 0.0653. The quantitative estimate of drug-likeness (QED) is 0.314. The van der Waals surface area contributed by atoms with Crippen molar-refractivity contribution in [3.05, 3.63) is 77.1 Å². The van der Waals surface area contributed by atoms with Gasteiger partial charge in [-0.25, -0.2) is 4.98 Å². The molecule has 0 aliphatic heterocycles. The molecule has 7 heteroatoms. The van der Waals surface area contributed by atoms with Crippen LogP contribution in [0.1, 0.15) is 20.3 Å². The summed E-state index contributed by atoms with van der Waals surface area (Å²) in [6.07, 6.45) is 0.868. The molecule has 0 bridgehead atoms. The number of nitrogens with one attached hydrogen (secondary N) is 1. The van der Waals surface area contributed by atoms with Crippen molar-refractivity contribution in [2.45, 2.75) is 31.5 Å². The molecule has 2 heterocycles. The van der Waals surface area contributed by atoms with E-state index in [0.717, 1.165) is 22.5 Å². The third-order valence-corrected chi connectivity index (χ3v) is 6.98. The van der Waals surface area contributed by atoms with E-state index in [1.807, 2.05) is 80.6 Å². The van der Waals surface area contributed by atoms with Crippen LogP contribution in [0, 0.1) is 0 Å². The van der Waals surface area contributed by atoms with E-state index in [4.69, 9.17) is 4.98 Å². The molecule has 4 rings (SSSR count). The predicted molar refractivity (Wildman–Crippen MR) is 129 cm³/mol. The van der Waals surface area contributed by atoms with Crippen molar-refractivity contribution in [1.82, 2.24) is 14.9 Å². The first-order chi connectivity index (χ1) is 15.1. The van der Waals surface area contributed by atoms with E-state index in [1.165, 1.54) is 23.1 Å². The lowest BCUT2D eigenvalue weighted by atomic mass is 10.2. The van der Waals surface area contributed by atoms with Crippen molar-refractivity contribution in [2.75, 3.05) is 5.75 Å². The number of carbonyl (C=O) groups excluding carboxylic acids is 1. The second-order valence-corrected chi connectivity index (χ2v) is 9.20. The monoisotopic (exact) mass is 449 g/mol.